The molecule has 24 heavy (non-hydrogen) atoms. The number of nitro benzene ring substituents is 1. The molecule has 1 rings (SSSR count). The third-order valence-electron chi connectivity index (χ3n) is 3.27. The maximum absolute atomic E-state index is 11.2. The molecule has 0 amide bonds. The van der Waals surface area contributed by atoms with Gasteiger partial charge in [-0.2, -0.15) is 11.8 Å². The highest BCUT2D eigenvalue weighted by atomic mass is 32.2. The van der Waals surface area contributed by atoms with E-state index >= 15 is 0 Å². The summed E-state index contributed by atoms with van der Waals surface area (Å²) in [6, 6.07) is 3.01. The minimum absolute atomic E-state index is 0.00768. The summed E-state index contributed by atoms with van der Waals surface area (Å²) in [5.74, 6) is 1.88. The molecule has 134 valence electrons. The SMILES string of the molecule is COc1cc(CCNC(=S)NCCCSC)c([N+](=O)[O-])cc1OC. The van der Waals surface area contributed by atoms with E-state index in [4.69, 9.17) is 21.7 Å². The molecule has 0 spiro atoms. The minimum atomic E-state index is -0.420. The average Bonchev–Trinajstić information content (AvgIpc) is 2.57. The van der Waals surface area contributed by atoms with Crippen molar-refractivity contribution in [3.05, 3.63) is 27.8 Å². The Hall–Kier alpha value is -1.74. The first-order valence-corrected chi connectivity index (χ1v) is 9.23. The van der Waals surface area contributed by atoms with Crippen molar-refractivity contribution in [3.8, 4) is 11.5 Å². The van der Waals surface area contributed by atoms with E-state index in [-0.39, 0.29) is 5.69 Å². The second-order valence-corrected chi connectivity index (χ2v) is 6.27. The van der Waals surface area contributed by atoms with Gasteiger partial charge in [0.05, 0.1) is 25.2 Å². The normalized spacial score (nSPS) is 10.1. The van der Waals surface area contributed by atoms with Crippen molar-refractivity contribution in [2.45, 2.75) is 12.8 Å². The van der Waals surface area contributed by atoms with Crippen LogP contribution in [-0.4, -0.2) is 49.4 Å². The van der Waals surface area contributed by atoms with E-state index in [1.54, 1.807) is 17.8 Å². The Morgan fingerprint density at radius 3 is 2.46 bits per heavy atom. The van der Waals surface area contributed by atoms with Crippen LogP contribution in [0.5, 0.6) is 11.5 Å². The van der Waals surface area contributed by atoms with Crippen LogP contribution in [0.3, 0.4) is 0 Å². The number of benzene rings is 1. The number of nitrogens with one attached hydrogen (secondary N) is 2. The van der Waals surface area contributed by atoms with Gasteiger partial charge in [-0.3, -0.25) is 10.1 Å². The molecule has 2 N–H and O–H groups in total. The van der Waals surface area contributed by atoms with Crippen LogP contribution in [0.25, 0.3) is 0 Å². The molecule has 7 nitrogen and oxygen atoms in total. The molecule has 1 aromatic carbocycles. The first-order chi connectivity index (χ1) is 11.5. The zero-order valence-corrected chi connectivity index (χ0v) is 15.7. The van der Waals surface area contributed by atoms with Gasteiger partial charge in [0.15, 0.2) is 16.6 Å². The van der Waals surface area contributed by atoms with Crippen LogP contribution < -0.4 is 20.1 Å². The van der Waals surface area contributed by atoms with Crippen LogP contribution in [0, 0.1) is 10.1 Å². The van der Waals surface area contributed by atoms with Crippen molar-refractivity contribution in [3.63, 3.8) is 0 Å². The first kappa shape index (κ1) is 20.3. The number of hydrogen-bond donors (Lipinski definition) is 2. The van der Waals surface area contributed by atoms with E-state index in [0.29, 0.717) is 35.1 Å². The predicted molar refractivity (Wildman–Crippen MR) is 102 cm³/mol. The van der Waals surface area contributed by atoms with Crippen molar-refractivity contribution in [2.24, 2.45) is 0 Å². The van der Waals surface area contributed by atoms with Gasteiger partial charge in [-0.15, -0.1) is 0 Å². The van der Waals surface area contributed by atoms with Crippen molar-refractivity contribution in [1.82, 2.24) is 10.6 Å². The fourth-order valence-corrected chi connectivity index (χ4v) is 2.71. The van der Waals surface area contributed by atoms with Gasteiger partial charge in [-0.25, -0.2) is 0 Å². The number of thioether (sulfide) groups is 1. The van der Waals surface area contributed by atoms with E-state index in [1.807, 2.05) is 0 Å². The summed E-state index contributed by atoms with van der Waals surface area (Å²) in [5.41, 5.74) is 0.573. The quantitative estimate of drug-likeness (QED) is 0.280. The Bertz CT molecular complexity index is 570. The van der Waals surface area contributed by atoms with Crippen LogP contribution in [0.4, 0.5) is 5.69 Å². The van der Waals surface area contributed by atoms with Crippen LogP contribution in [0.15, 0.2) is 12.1 Å². The van der Waals surface area contributed by atoms with E-state index in [2.05, 4.69) is 16.9 Å². The molecule has 0 aliphatic rings. The highest BCUT2D eigenvalue weighted by Gasteiger charge is 2.19. The van der Waals surface area contributed by atoms with Crippen molar-refractivity contribution in [1.29, 1.82) is 0 Å². The summed E-state index contributed by atoms with van der Waals surface area (Å²) < 4.78 is 10.3. The highest BCUT2D eigenvalue weighted by Crippen LogP contribution is 2.34. The number of thiocarbonyl (C=S) groups is 1. The van der Waals surface area contributed by atoms with Crippen LogP contribution in [0.2, 0.25) is 0 Å². The second-order valence-electron chi connectivity index (χ2n) is 4.87. The summed E-state index contributed by atoms with van der Waals surface area (Å²) in [5, 5.41) is 18.0. The second kappa shape index (κ2) is 10.9. The fraction of sp³-hybridized carbons (Fsp3) is 0.533. The minimum Gasteiger partial charge on any atom is -0.493 e. The van der Waals surface area contributed by atoms with Gasteiger partial charge in [0, 0.05) is 18.7 Å². The number of nitrogens with zero attached hydrogens (tertiary/aromatic N) is 1. The van der Waals surface area contributed by atoms with Crippen molar-refractivity contribution in [2.75, 3.05) is 39.3 Å². The lowest BCUT2D eigenvalue weighted by molar-refractivity contribution is -0.385. The van der Waals surface area contributed by atoms with Gasteiger partial charge in [0.25, 0.3) is 5.69 Å². The third kappa shape index (κ3) is 6.40. The molecule has 0 fully saturated rings. The molecule has 0 unspecified atom stereocenters. The molecular weight excluding hydrogens is 350 g/mol. The Labute approximate surface area is 151 Å². The standard InChI is InChI=1S/C15H23N3O4S2/c1-21-13-9-11(12(18(19)20)10-14(13)22-2)5-7-17-15(23)16-6-4-8-24-3/h9-10H,4-8H2,1-3H3,(H2,16,17,23). The van der Waals surface area contributed by atoms with Gasteiger partial charge in [0.2, 0.25) is 0 Å². The lowest BCUT2D eigenvalue weighted by atomic mass is 10.1. The van der Waals surface area contributed by atoms with Crippen LogP contribution in [0.1, 0.15) is 12.0 Å². The van der Waals surface area contributed by atoms with Gasteiger partial charge in [-0.1, -0.05) is 0 Å². The van der Waals surface area contributed by atoms with E-state index in [0.717, 1.165) is 18.7 Å². The Morgan fingerprint density at radius 1 is 1.25 bits per heavy atom. The fourth-order valence-electron chi connectivity index (χ4n) is 2.07. The zero-order chi connectivity index (χ0) is 17.9. The molecular formula is C15H23N3O4S2. The monoisotopic (exact) mass is 373 g/mol. The van der Waals surface area contributed by atoms with Crippen LogP contribution in [-0.2, 0) is 6.42 Å². The van der Waals surface area contributed by atoms with E-state index < -0.39 is 4.92 Å². The smallest absolute Gasteiger partial charge is 0.276 e. The van der Waals surface area contributed by atoms with E-state index in [9.17, 15) is 10.1 Å². The number of methoxy groups -OCH3 is 2. The molecule has 9 heteroatoms. The number of rotatable bonds is 10. The Kier molecular flexibility index (Phi) is 9.24. The summed E-state index contributed by atoms with van der Waals surface area (Å²) in [6.45, 7) is 1.30. The molecule has 0 aliphatic carbocycles. The molecule has 0 saturated heterocycles. The maximum atomic E-state index is 11.2. The van der Waals surface area contributed by atoms with Crippen molar-refractivity contribution >= 4 is 34.8 Å². The molecule has 0 aliphatic heterocycles. The molecule has 0 radical (unpaired) electrons. The molecule has 0 atom stereocenters. The number of hydrogen-bond acceptors (Lipinski definition) is 6. The first-order valence-electron chi connectivity index (χ1n) is 7.43. The average molecular weight is 374 g/mol. The molecule has 0 saturated carbocycles. The zero-order valence-electron chi connectivity index (χ0n) is 14.1. The van der Waals surface area contributed by atoms with Gasteiger partial charge in [-0.05, 0) is 43.1 Å². The largest absolute Gasteiger partial charge is 0.493 e. The molecule has 0 heterocycles. The third-order valence-corrected chi connectivity index (χ3v) is 4.26. The summed E-state index contributed by atoms with van der Waals surface area (Å²) in [6.07, 6.45) is 3.54. The molecule has 0 aromatic heterocycles. The topological polar surface area (TPSA) is 85.7 Å². The summed E-state index contributed by atoms with van der Waals surface area (Å²) in [7, 11) is 2.95. The summed E-state index contributed by atoms with van der Waals surface area (Å²) >= 11 is 6.97. The molecule has 1 aromatic rings. The lowest BCUT2D eigenvalue weighted by Gasteiger charge is -2.12. The summed E-state index contributed by atoms with van der Waals surface area (Å²) in [4.78, 5) is 10.8. The molecule has 0 bridgehead atoms. The number of nitro groups is 1. The van der Waals surface area contributed by atoms with Gasteiger partial charge >= 0.3 is 0 Å². The lowest BCUT2D eigenvalue weighted by Crippen LogP contribution is -2.37. The van der Waals surface area contributed by atoms with Gasteiger partial charge in [0.1, 0.15) is 0 Å². The van der Waals surface area contributed by atoms with Crippen molar-refractivity contribution < 1.29 is 14.4 Å². The predicted octanol–water partition coefficient (Wildman–Crippen LogP) is 2.37. The Balaban J connectivity index is 2.63. The highest BCUT2D eigenvalue weighted by molar-refractivity contribution is 7.98. The maximum Gasteiger partial charge on any atom is 0.276 e. The Morgan fingerprint density at radius 2 is 1.88 bits per heavy atom. The van der Waals surface area contributed by atoms with E-state index in [1.165, 1.54) is 20.3 Å². The van der Waals surface area contributed by atoms with Gasteiger partial charge < -0.3 is 20.1 Å². The number of ether oxygens (including phenoxy) is 2. The van der Waals surface area contributed by atoms with Crippen LogP contribution >= 0.6 is 24.0 Å².